The van der Waals surface area contributed by atoms with Crippen molar-refractivity contribution in [3.05, 3.63) is 35.5 Å². The molecule has 1 N–H and O–H groups in total. The summed E-state index contributed by atoms with van der Waals surface area (Å²) in [5.41, 5.74) is 3.13. The number of H-pyrrole nitrogens is 1. The predicted octanol–water partition coefficient (Wildman–Crippen LogP) is 3.67. The Morgan fingerprint density at radius 1 is 1.19 bits per heavy atom. The molecule has 1 aromatic heterocycles. The molecule has 2 aromatic rings. The number of fused-ring (bicyclic) bond motifs is 1. The second kappa shape index (κ2) is 3.48. The van der Waals surface area contributed by atoms with Gasteiger partial charge in [-0.15, -0.1) is 0 Å². The van der Waals surface area contributed by atoms with Crippen molar-refractivity contribution in [2.45, 2.75) is 33.1 Å². The molecule has 0 amide bonds. The normalized spacial score (nSPS) is 12.0. The van der Waals surface area contributed by atoms with Gasteiger partial charge in [0.1, 0.15) is 0 Å². The minimum Gasteiger partial charge on any atom is -0.352 e. The molecule has 84 valence electrons. The van der Waals surface area contributed by atoms with Crippen molar-refractivity contribution in [2.75, 3.05) is 0 Å². The molecule has 0 unspecified atom stereocenters. The van der Waals surface area contributed by atoms with Gasteiger partial charge < -0.3 is 4.98 Å². The molecule has 2 rings (SSSR count). The number of nitrogens with one attached hydrogen (secondary N) is 1. The lowest BCUT2D eigenvalue weighted by atomic mass is 9.87. The van der Waals surface area contributed by atoms with Gasteiger partial charge in [0.15, 0.2) is 5.78 Å². The molecule has 0 aliphatic heterocycles. The van der Waals surface area contributed by atoms with Crippen LogP contribution in [0.2, 0.25) is 0 Å². The van der Waals surface area contributed by atoms with Crippen LogP contribution in [0.5, 0.6) is 0 Å². The molecule has 0 atom stereocenters. The molecule has 1 aromatic carbocycles. The third-order valence-electron chi connectivity index (χ3n) is 2.87. The molecule has 0 saturated carbocycles. The number of ketones is 1. The maximum absolute atomic E-state index is 11.3. The van der Waals surface area contributed by atoms with Crippen molar-refractivity contribution in [3.8, 4) is 0 Å². The molecule has 0 aliphatic rings. The summed E-state index contributed by atoms with van der Waals surface area (Å²) in [5, 5.41) is 1.10. The molecule has 2 heteroatoms. The topological polar surface area (TPSA) is 32.9 Å². The van der Waals surface area contributed by atoms with Gasteiger partial charge in [-0.2, -0.15) is 0 Å². The van der Waals surface area contributed by atoms with E-state index in [1.807, 2.05) is 6.07 Å². The van der Waals surface area contributed by atoms with Crippen molar-refractivity contribution in [1.82, 2.24) is 4.98 Å². The Hall–Kier alpha value is -1.57. The van der Waals surface area contributed by atoms with Crippen LogP contribution < -0.4 is 0 Å². The second-order valence-electron chi connectivity index (χ2n) is 5.29. The van der Waals surface area contributed by atoms with E-state index in [-0.39, 0.29) is 11.2 Å². The minimum atomic E-state index is 0.0773. The van der Waals surface area contributed by atoms with Crippen LogP contribution in [0.25, 0.3) is 10.9 Å². The van der Waals surface area contributed by atoms with Gasteiger partial charge in [0, 0.05) is 17.8 Å². The Bertz CT molecular complexity index is 543. The van der Waals surface area contributed by atoms with Crippen LogP contribution in [0.15, 0.2) is 24.3 Å². The van der Waals surface area contributed by atoms with Crippen molar-refractivity contribution >= 4 is 16.7 Å². The van der Waals surface area contributed by atoms with Gasteiger partial charge >= 0.3 is 0 Å². The van der Waals surface area contributed by atoms with Gasteiger partial charge in [0.05, 0.1) is 5.69 Å². The summed E-state index contributed by atoms with van der Waals surface area (Å²) in [6.07, 6.45) is 0. The van der Waals surface area contributed by atoms with E-state index in [4.69, 9.17) is 0 Å². The van der Waals surface area contributed by atoms with Crippen LogP contribution in [0.1, 0.15) is 43.7 Å². The average Bonchev–Trinajstić information content (AvgIpc) is 2.58. The first-order valence-electron chi connectivity index (χ1n) is 5.52. The fourth-order valence-electron chi connectivity index (χ4n) is 1.78. The average molecular weight is 215 g/mol. The quantitative estimate of drug-likeness (QED) is 0.723. The molecule has 0 spiro atoms. The summed E-state index contributed by atoms with van der Waals surface area (Å²) < 4.78 is 0. The number of benzene rings is 1. The van der Waals surface area contributed by atoms with Crippen molar-refractivity contribution in [1.29, 1.82) is 0 Å². The van der Waals surface area contributed by atoms with E-state index in [2.05, 4.69) is 44.0 Å². The second-order valence-corrected chi connectivity index (χ2v) is 5.29. The van der Waals surface area contributed by atoms with Crippen molar-refractivity contribution in [3.63, 3.8) is 0 Å². The summed E-state index contributed by atoms with van der Waals surface area (Å²) >= 11 is 0. The molecule has 2 nitrogen and oxygen atoms in total. The zero-order chi connectivity index (χ0) is 11.9. The zero-order valence-electron chi connectivity index (χ0n) is 10.2. The van der Waals surface area contributed by atoms with Gasteiger partial charge in [-0.3, -0.25) is 4.79 Å². The number of aromatic amines is 1. The highest BCUT2D eigenvalue weighted by atomic mass is 16.1. The standard InChI is InChI=1S/C14H17NO/c1-9(16)12-7-10-5-6-11(14(2,3)4)8-13(10)15-12/h5-8,15H,1-4H3. The third-order valence-corrected chi connectivity index (χ3v) is 2.87. The Labute approximate surface area is 95.7 Å². The molecule has 16 heavy (non-hydrogen) atoms. The predicted molar refractivity (Wildman–Crippen MR) is 67.0 cm³/mol. The highest BCUT2D eigenvalue weighted by Crippen LogP contribution is 2.26. The lowest BCUT2D eigenvalue weighted by molar-refractivity contribution is 0.101. The summed E-state index contributed by atoms with van der Waals surface area (Å²) in [7, 11) is 0. The molecule has 0 radical (unpaired) electrons. The van der Waals surface area contributed by atoms with Crippen molar-refractivity contribution < 1.29 is 4.79 Å². The van der Waals surface area contributed by atoms with Crippen LogP contribution in [0.3, 0.4) is 0 Å². The van der Waals surface area contributed by atoms with Crippen LogP contribution in [0, 0.1) is 0 Å². The molecule has 0 aliphatic carbocycles. The van der Waals surface area contributed by atoms with E-state index in [0.717, 1.165) is 10.9 Å². The van der Waals surface area contributed by atoms with Crippen LogP contribution in [-0.4, -0.2) is 10.8 Å². The molecule has 0 fully saturated rings. The Kier molecular flexibility index (Phi) is 2.38. The highest BCUT2D eigenvalue weighted by molar-refractivity contribution is 5.98. The third kappa shape index (κ3) is 1.87. The Balaban J connectivity index is 2.58. The fourth-order valence-corrected chi connectivity index (χ4v) is 1.78. The maximum Gasteiger partial charge on any atom is 0.175 e. The number of hydrogen-bond acceptors (Lipinski definition) is 1. The van der Waals surface area contributed by atoms with E-state index < -0.39 is 0 Å². The van der Waals surface area contributed by atoms with Crippen LogP contribution in [-0.2, 0) is 5.41 Å². The number of hydrogen-bond donors (Lipinski definition) is 1. The summed E-state index contributed by atoms with van der Waals surface area (Å²) in [6.45, 7) is 8.13. The monoisotopic (exact) mass is 215 g/mol. The number of rotatable bonds is 1. The molecule has 0 bridgehead atoms. The lowest BCUT2D eigenvalue weighted by Crippen LogP contribution is -2.10. The van der Waals surface area contributed by atoms with E-state index in [1.165, 1.54) is 5.56 Å². The van der Waals surface area contributed by atoms with Gasteiger partial charge in [0.25, 0.3) is 0 Å². The van der Waals surface area contributed by atoms with Gasteiger partial charge in [-0.1, -0.05) is 32.9 Å². The Morgan fingerprint density at radius 3 is 2.44 bits per heavy atom. The van der Waals surface area contributed by atoms with Gasteiger partial charge in [0.2, 0.25) is 0 Å². The maximum atomic E-state index is 11.3. The van der Waals surface area contributed by atoms with Gasteiger partial charge in [-0.05, 0) is 23.1 Å². The molecular weight excluding hydrogens is 198 g/mol. The van der Waals surface area contributed by atoms with E-state index in [0.29, 0.717) is 5.69 Å². The first kappa shape index (κ1) is 10.9. The molecular formula is C14H17NO. The first-order chi connectivity index (χ1) is 7.38. The number of carbonyl (C=O) groups is 1. The molecule has 1 heterocycles. The SMILES string of the molecule is CC(=O)c1cc2ccc(C(C)(C)C)cc2[nH]1. The summed E-state index contributed by atoms with van der Waals surface area (Å²) in [6, 6.07) is 8.23. The van der Waals surface area contributed by atoms with E-state index in [9.17, 15) is 4.79 Å². The smallest absolute Gasteiger partial charge is 0.175 e. The van der Waals surface area contributed by atoms with Gasteiger partial charge in [-0.25, -0.2) is 0 Å². The molecule has 0 saturated heterocycles. The minimum absolute atomic E-state index is 0.0773. The first-order valence-corrected chi connectivity index (χ1v) is 5.52. The number of carbonyl (C=O) groups excluding carboxylic acids is 1. The highest BCUT2D eigenvalue weighted by Gasteiger charge is 2.14. The van der Waals surface area contributed by atoms with E-state index in [1.54, 1.807) is 6.92 Å². The largest absolute Gasteiger partial charge is 0.352 e. The van der Waals surface area contributed by atoms with Crippen LogP contribution >= 0.6 is 0 Å². The lowest BCUT2D eigenvalue weighted by Gasteiger charge is -2.18. The fraction of sp³-hybridized carbons (Fsp3) is 0.357. The summed E-state index contributed by atoms with van der Waals surface area (Å²) in [5.74, 6) is 0.0773. The number of aromatic nitrogens is 1. The zero-order valence-corrected chi connectivity index (χ0v) is 10.2. The Morgan fingerprint density at radius 2 is 1.88 bits per heavy atom. The van der Waals surface area contributed by atoms with Crippen molar-refractivity contribution in [2.24, 2.45) is 0 Å². The van der Waals surface area contributed by atoms with E-state index >= 15 is 0 Å². The van der Waals surface area contributed by atoms with Crippen LogP contribution in [0.4, 0.5) is 0 Å². The summed E-state index contributed by atoms with van der Waals surface area (Å²) in [4.78, 5) is 14.4. The number of Topliss-reactive ketones (excluding diaryl/α,β-unsaturated/α-hetero) is 1.